The van der Waals surface area contributed by atoms with Gasteiger partial charge < -0.3 is 18.8 Å². The smallest absolute Gasteiger partial charge is 1.00 e. The summed E-state index contributed by atoms with van der Waals surface area (Å²) in [5.74, 6) is 0.819. The molecular weight excluding hydrogens is 156 g/mol. The molecule has 0 aromatic carbocycles. The van der Waals surface area contributed by atoms with Crippen molar-refractivity contribution in [3.63, 3.8) is 0 Å². The third-order valence-electron chi connectivity index (χ3n) is 1.90. The van der Waals surface area contributed by atoms with Gasteiger partial charge in [0, 0.05) is 0 Å². The van der Waals surface area contributed by atoms with Crippen molar-refractivity contribution in [1.29, 1.82) is 0 Å². The Kier molecular flexibility index (Phi) is 6.20. The molecule has 0 amide bonds. The van der Waals surface area contributed by atoms with Gasteiger partial charge in [0.2, 0.25) is 0 Å². The van der Waals surface area contributed by atoms with Crippen molar-refractivity contribution in [2.45, 2.75) is 20.3 Å². The number of rotatable bonds is 2. The molecular formula is C8H13ClMg. The molecule has 1 unspecified atom stereocenters. The van der Waals surface area contributed by atoms with Gasteiger partial charge in [-0.2, -0.15) is 11.3 Å². The topological polar surface area (TPSA) is 0 Å². The van der Waals surface area contributed by atoms with Gasteiger partial charge in [-0.25, -0.2) is 0 Å². The summed E-state index contributed by atoms with van der Waals surface area (Å²) in [6.45, 7) is 8.22. The molecule has 0 N–H and O–H groups in total. The zero-order valence-electron chi connectivity index (χ0n) is 6.73. The number of allylic oxidation sites excluding steroid dienone is 1. The van der Waals surface area contributed by atoms with Crippen molar-refractivity contribution >= 4 is 23.1 Å². The first-order chi connectivity index (χ1) is 3.67. The molecule has 0 bridgehead atoms. The van der Waals surface area contributed by atoms with E-state index in [1.165, 1.54) is 0 Å². The SMILES string of the molecule is C=CCC1[CH-]C1(C)C.[Cl-].[Mg+2]. The van der Waals surface area contributed by atoms with Crippen LogP contribution in [-0.4, -0.2) is 23.1 Å². The maximum Gasteiger partial charge on any atom is 2.00 e. The Hall–Kier alpha value is 0.796. The summed E-state index contributed by atoms with van der Waals surface area (Å²) in [6.07, 6.45) is 5.53. The van der Waals surface area contributed by atoms with E-state index < -0.39 is 0 Å². The van der Waals surface area contributed by atoms with Gasteiger partial charge in [0.15, 0.2) is 0 Å². The van der Waals surface area contributed by atoms with Crippen LogP contribution in [0.3, 0.4) is 0 Å². The molecule has 1 atom stereocenters. The second-order valence-electron chi connectivity index (χ2n) is 3.12. The van der Waals surface area contributed by atoms with Gasteiger partial charge in [0.1, 0.15) is 0 Å². The molecule has 0 spiro atoms. The number of hydrogen-bond donors (Lipinski definition) is 0. The predicted molar refractivity (Wildman–Crippen MR) is 42.1 cm³/mol. The Labute approximate surface area is 86.0 Å². The minimum absolute atomic E-state index is 0. The average Bonchev–Trinajstić information content (AvgIpc) is 2.15. The minimum atomic E-state index is 0. The molecule has 54 valence electrons. The van der Waals surface area contributed by atoms with Crippen LogP contribution in [0.2, 0.25) is 0 Å². The molecule has 1 aliphatic rings. The fourth-order valence-electron chi connectivity index (χ4n) is 1.02. The summed E-state index contributed by atoms with van der Waals surface area (Å²) in [4.78, 5) is 0. The molecule has 0 nitrogen and oxygen atoms in total. The summed E-state index contributed by atoms with van der Waals surface area (Å²) >= 11 is 0. The van der Waals surface area contributed by atoms with Crippen LogP contribution >= 0.6 is 0 Å². The van der Waals surface area contributed by atoms with Crippen LogP contribution in [0.5, 0.6) is 0 Å². The van der Waals surface area contributed by atoms with E-state index in [1.807, 2.05) is 6.08 Å². The van der Waals surface area contributed by atoms with Crippen molar-refractivity contribution in [2.24, 2.45) is 11.3 Å². The van der Waals surface area contributed by atoms with Crippen molar-refractivity contribution in [3.05, 3.63) is 19.1 Å². The summed E-state index contributed by atoms with van der Waals surface area (Å²) in [7, 11) is 0. The molecule has 10 heavy (non-hydrogen) atoms. The monoisotopic (exact) mass is 168 g/mol. The average molecular weight is 169 g/mol. The molecule has 1 aliphatic carbocycles. The Balaban J connectivity index is 0. The van der Waals surface area contributed by atoms with Crippen LogP contribution in [-0.2, 0) is 0 Å². The van der Waals surface area contributed by atoms with Gasteiger partial charge in [-0.15, -0.1) is 6.58 Å². The van der Waals surface area contributed by atoms with Crippen LogP contribution < -0.4 is 12.4 Å². The minimum Gasteiger partial charge on any atom is -1.00 e. The third kappa shape index (κ3) is 3.27. The van der Waals surface area contributed by atoms with Crippen molar-refractivity contribution in [1.82, 2.24) is 0 Å². The van der Waals surface area contributed by atoms with Gasteiger partial charge in [0.25, 0.3) is 0 Å². The first-order valence-corrected chi connectivity index (χ1v) is 3.14. The van der Waals surface area contributed by atoms with E-state index in [0.29, 0.717) is 5.41 Å². The van der Waals surface area contributed by atoms with Gasteiger partial charge >= 0.3 is 23.1 Å². The quantitative estimate of drug-likeness (QED) is 0.284. The summed E-state index contributed by atoms with van der Waals surface area (Å²) in [5, 5.41) is 0. The van der Waals surface area contributed by atoms with Gasteiger partial charge in [-0.05, 0) is 0 Å². The standard InChI is InChI=1S/C8H13.ClH.Mg/c1-4-5-7-6-8(7,2)3;;/h4,6-7H,1,5H2,2-3H3;1H;/q-1;;+2/p-1. The molecule has 0 aliphatic heterocycles. The normalized spacial score (nSPS) is 25.6. The van der Waals surface area contributed by atoms with E-state index in [-0.39, 0.29) is 35.5 Å². The Morgan fingerprint density at radius 3 is 2.10 bits per heavy atom. The van der Waals surface area contributed by atoms with Crippen LogP contribution in [0.25, 0.3) is 0 Å². The molecule has 0 aromatic rings. The molecule has 2 heteroatoms. The Morgan fingerprint density at radius 1 is 1.60 bits per heavy atom. The number of halogens is 1. The van der Waals surface area contributed by atoms with Crippen LogP contribution in [0.1, 0.15) is 20.3 Å². The molecule has 1 fully saturated rings. The first-order valence-electron chi connectivity index (χ1n) is 3.14. The second kappa shape index (κ2) is 4.63. The maximum absolute atomic E-state index is 3.69. The number of hydrogen-bond acceptors (Lipinski definition) is 0. The van der Waals surface area contributed by atoms with E-state index >= 15 is 0 Å². The van der Waals surface area contributed by atoms with Crippen molar-refractivity contribution in [3.8, 4) is 0 Å². The molecule has 1 saturated carbocycles. The fraction of sp³-hybridized carbons (Fsp3) is 0.625. The van der Waals surface area contributed by atoms with Crippen LogP contribution in [0.15, 0.2) is 12.7 Å². The van der Waals surface area contributed by atoms with Crippen molar-refractivity contribution in [2.75, 3.05) is 0 Å². The zero-order chi connectivity index (χ0) is 6.20. The molecule has 0 radical (unpaired) electrons. The van der Waals surface area contributed by atoms with E-state index in [4.69, 9.17) is 0 Å². The second-order valence-corrected chi connectivity index (χ2v) is 3.12. The van der Waals surface area contributed by atoms with Gasteiger partial charge in [-0.1, -0.05) is 26.3 Å². The Bertz CT molecular complexity index is 110. The summed E-state index contributed by atoms with van der Waals surface area (Å²) in [6, 6.07) is 0. The molecule has 1 rings (SSSR count). The van der Waals surface area contributed by atoms with Crippen LogP contribution in [0.4, 0.5) is 0 Å². The van der Waals surface area contributed by atoms with E-state index in [1.54, 1.807) is 0 Å². The predicted octanol–water partition coefficient (Wildman–Crippen LogP) is -0.954. The Morgan fingerprint density at radius 2 is 2.00 bits per heavy atom. The fourth-order valence-corrected chi connectivity index (χ4v) is 1.02. The first kappa shape index (κ1) is 13.4. The summed E-state index contributed by atoms with van der Waals surface area (Å²) in [5.41, 5.74) is 0.522. The molecule has 0 aromatic heterocycles. The molecule has 0 heterocycles. The van der Waals surface area contributed by atoms with E-state index in [2.05, 4.69) is 26.8 Å². The third-order valence-corrected chi connectivity index (χ3v) is 1.90. The van der Waals surface area contributed by atoms with Crippen molar-refractivity contribution < 1.29 is 12.4 Å². The summed E-state index contributed by atoms with van der Waals surface area (Å²) < 4.78 is 0. The van der Waals surface area contributed by atoms with Gasteiger partial charge in [-0.3, -0.25) is 0 Å². The van der Waals surface area contributed by atoms with Crippen LogP contribution in [0, 0.1) is 17.8 Å². The van der Waals surface area contributed by atoms with E-state index in [9.17, 15) is 0 Å². The van der Waals surface area contributed by atoms with E-state index in [0.717, 1.165) is 12.3 Å². The maximum atomic E-state index is 3.69. The molecule has 0 saturated heterocycles. The zero-order valence-corrected chi connectivity index (χ0v) is 8.90. The van der Waals surface area contributed by atoms with Gasteiger partial charge in [0.05, 0.1) is 0 Å². The largest absolute Gasteiger partial charge is 2.00 e.